The van der Waals surface area contributed by atoms with Crippen LogP contribution in [0.1, 0.15) is 6.42 Å². The molecule has 0 aromatic heterocycles. The lowest BCUT2D eigenvalue weighted by Crippen LogP contribution is -2.44. The number of hydrogen-bond donors (Lipinski definition) is 2. The average molecular weight is 205 g/mol. The van der Waals surface area contributed by atoms with Gasteiger partial charge in [-0.05, 0) is 18.9 Å². The summed E-state index contributed by atoms with van der Waals surface area (Å²) in [6, 6.07) is 0.178. The SMILES string of the molecule is CNS(=O)(=O)N1CC[C@H]2CNC[C@H]21. The molecule has 0 saturated carbocycles. The zero-order valence-electron chi connectivity index (χ0n) is 7.66. The summed E-state index contributed by atoms with van der Waals surface area (Å²) in [5.74, 6) is 0.517. The van der Waals surface area contributed by atoms with Crippen molar-refractivity contribution in [2.45, 2.75) is 12.5 Å². The van der Waals surface area contributed by atoms with Crippen LogP contribution in [0.25, 0.3) is 0 Å². The van der Waals surface area contributed by atoms with E-state index >= 15 is 0 Å². The normalized spacial score (nSPS) is 35.2. The average Bonchev–Trinajstić information content (AvgIpc) is 2.62. The quantitative estimate of drug-likeness (QED) is 0.592. The Balaban J connectivity index is 2.18. The molecule has 0 aliphatic carbocycles. The fraction of sp³-hybridized carbons (Fsp3) is 1.00. The van der Waals surface area contributed by atoms with Crippen LogP contribution in [-0.4, -0.2) is 45.4 Å². The number of nitrogens with one attached hydrogen (secondary N) is 2. The fourth-order valence-corrected chi connectivity index (χ4v) is 3.41. The minimum absolute atomic E-state index is 0.178. The van der Waals surface area contributed by atoms with Gasteiger partial charge < -0.3 is 5.32 Å². The Bertz CT molecular complexity index is 290. The van der Waals surface area contributed by atoms with Crippen molar-refractivity contribution in [1.29, 1.82) is 0 Å². The van der Waals surface area contributed by atoms with Crippen molar-refractivity contribution < 1.29 is 8.42 Å². The van der Waals surface area contributed by atoms with Crippen LogP contribution in [0.4, 0.5) is 0 Å². The highest BCUT2D eigenvalue weighted by atomic mass is 32.2. The summed E-state index contributed by atoms with van der Waals surface area (Å²) < 4.78 is 27.0. The molecule has 5 nitrogen and oxygen atoms in total. The molecule has 2 heterocycles. The van der Waals surface area contributed by atoms with Gasteiger partial charge in [0.05, 0.1) is 0 Å². The second-order valence-corrected chi connectivity index (χ2v) is 5.42. The molecule has 2 aliphatic rings. The van der Waals surface area contributed by atoms with Gasteiger partial charge in [-0.1, -0.05) is 0 Å². The first-order valence-electron chi connectivity index (χ1n) is 4.56. The minimum atomic E-state index is -3.21. The second-order valence-electron chi connectivity index (χ2n) is 3.59. The summed E-state index contributed by atoms with van der Waals surface area (Å²) in [5, 5.41) is 3.22. The molecule has 2 N–H and O–H groups in total. The van der Waals surface area contributed by atoms with Crippen LogP contribution in [0.5, 0.6) is 0 Å². The highest BCUT2D eigenvalue weighted by Gasteiger charge is 2.42. The van der Waals surface area contributed by atoms with Gasteiger partial charge in [0.25, 0.3) is 10.2 Å². The lowest BCUT2D eigenvalue weighted by Gasteiger charge is -2.21. The Labute approximate surface area is 78.7 Å². The van der Waals surface area contributed by atoms with E-state index in [9.17, 15) is 8.42 Å². The molecular weight excluding hydrogens is 190 g/mol. The Hall–Kier alpha value is -0.170. The second kappa shape index (κ2) is 3.20. The summed E-state index contributed by atoms with van der Waals surface area (Å²) in [5.41, 5.74) is 0. The monoisotopic (exact) mass is 205 g/mol. The van der Waals surface area contributed by atoms with Gasteiger partial charge in [-0.15, -0.1) is 0 Å². The summed E-state index contributed by atoms with van der Waals surface area (Å²) in [6.07, 6.45) is 0.985. The third kappa shape index (κ3) is 1.48. The van der Waals surface area contributed by atoms with Crippen molar-refractivity contribution in [3.8, 4) is 0 Å². The molecule has 2 aliphatic heterocycles. The summed E-state index contributed by atoms with van der Waals surface area (Å²) in [4.78, 5) is 0. The van der Waals surface area contributed by atoms with Crippen LogP contribution in [0.2, 0.25) is 0 Å². The molecule has 6 heteroatoms. The van der Waals surface area contributed by atoms with E-state index in [4.69, 9.17) is 0 Å². The topological polar surface area (TPSA) is 61.4 Å². The molecule has 13 heavy (non-hydrogen) atoms. The van der Waals surface area contributed by atoms with Crippen molar-refractivity contribution in [3.05, 3.63) is 0 Å². The standard InChI is InChI=1S/C7H15N3O2S/c1-8-13(11,12)10-3-2-6-4-9-5-7(6)10/h6-9H,2-5H2,1H3/t6-,7+/m0/s1. The third-order valence-corrected chi connectivity index (χ3v) is 4.55. The summed E-state index contributed by atoms with van der Waals surface area (Å²) >= 11 is 0. The Morgan fingerprint density at radius 2 is 2.23 bits per heavy atom. The Morgan fingerprint density at radius 3 is 2.92 bits per heavy atom. The lowest BCUT2D eigenvalue weighted by atomic mass is 10.1. The van der Waals surface area contributed by atoms with Gasteiger partial charge in [-0.3, -0.25) is 0 Å². The first-order valence-corrected chi connectivity index (χ1v) is 6.00. The first-order chi connectivity index (χ1) is 6.15. The van der Waals surface area contributed by atoms with E-state index in [-0.39, 0.29) is 6.04 Å². The predicted molar refractivity (Wildman–Crippen MR) is 49.5 cm³/mol. The van der Waals surface area contributed by atoms with E-state index in [1.54, 1.807) is 4.31 Å². The van der Waals surface area contributed by atoms with Crippen molar-refractivity contribution in [1.82, 2.24) is 14.3 Å². The smallest absolute Gasteiger partial charge is 0.279 e. The van der Waals surface area contributed by atoms with E-state index in [1.807, 2.05) is 0 Å². The molecule has 2 atom stereocenters. The molecule has 76 valence electrons. The molecule has 0 bridgehead atoms. The van der Waals surface area contributed by atoms with Gasteiger partial charge in [0.2, 0.25) is 0 Å². The van der Waals surface area contributed by atoms with E-state index in [2.05, 4.69) is 10.0 Å². The van der Waals surface area contributed by atoms with E-state index in [0.717, 1.165) is 19.5 Å². The molecule has 0 aromatic rings. The van der Waals surface area contributed by atoms with Gasteiger partial charge in [-0.2, -0.15) is 12.7 Å². The molecule has 2 saturated heterocycles. The highest BCUT2D eigenvalue weighted by molar-refractivity contribution is 7.87. The number of hydrogen-bond acceptors (Lipinski definition) is 3. The number of rotatable bonds is 2. The summed E-state index contributed by atoms with van der Waals surface area (Å²) in [6.45, 7) is 2.42. The summed E-state index contributed by atoms with van der Waals surface area (Å²) in [7, 11) is -1.75. The van der Waals surface area contributed by atoms with Gasteiger partial charge >= 0.3 is 0 Å². The van der Waals surface area contributed by atoms with Crippen LogP contribution < -0.4 is 10.0 Å². The highest BCUT2D eigenvalue weighted by Crippen LogP contribution is 2.28. The Kier molecular flexibility index (Phi) is 2.31. The Morgan fingerprint density at radius 1 is 1.46 bits per heavy atom. The zero-order chi connectivity index (χ0) is 9.47. The van der Waals surface area contributed by atoms with Crippen molar-refractivity contribution in [2.24, 2.45) is 5.92 Å². The van der Waals surface area contributed by atoms with E-state index in [1.165, 1.54) is 7.05 Å². The molecule has 0 amide bonds. The zero-order valence-corrected chi connectivity index (χ0v) is 8.47. The van der Waals surface area contributed by atoms with Crippen LogP contribution in [0, 0.1) is 5.92 Å². The maximum absolute atomic E-state index is 11.5. The van der Waals surface area contributed by atoms with Gasteiger partial charge in [0, 0.05) is 26.2 Å². The van der Waals surface area contributed by atoms with Gasteiger partial charge in [-0.25, -0.2) is 4.72 Å². The fourth-order valence-electron chi connectivity index (χ4n) is 2.23. The maximum Gasteiger partial charge on any atom is 0.279 e. The largest absolute Gasteiger partial charge is 0.315 e. The van der Waals surface area contributed by atoms with Gasteiger partial charge in [0.1, 0.15) is 0 Å². The molecule has 0 spiro atoms. The van der Waals surface area contributed by atoms with E-state index < -0.39 is 10.2 Å². The van der Waals surface area contributed by atoms with Crippen LogP contribution in [0.3, 0.4) is 0 Å². The molecule has 0 unspecified atom stereocenters. The first kappa shape index (κ1) is 9.39. The molecule has 2 rings (SSSR count). The van der Waals surface area contributed by atoms with Crippen LogP contribution >= 0.6 is 0 Å². The molecule has 0 aromatic carbocycles. The molecular formula is C7H15N3O2S. The van der Waals surface area contributed by atoms with Crippen molar-refractivity contribution in [3.63, 3.8) is 0 Å². The number of fused-ring (bicyclic) bond motifs is 1. The van der Waals surface area contributed by atoms with Crippen LogP contribution in [0.15, 0.2) is 0 Å². The minimum Gasteiger partial charge on any atom is -0.315 e. The molecule has 0 radical (unpaired) electrons. The lowest BCUT2D eigenvalue weighted by molar-refractivity contribution is 0.378. The third-order valence-electron chi connectivity index (χ3n) is 2.96. The van der Waals surface area contributed by atoms with Crippen molar-refractivity contribution in [2.75, 3.05) is 26.7 Å². The van der Waals surface area contributed by atoms with E-state index in [0.29, 0.717) is 12.5 Å². The van der Waals surface area contributed by atoms with Crippen LogP contribution in [-0.2, 0) is 10.2 Å². The maximum atomic E-state index is 11.5. The molecule has 2 fully saturated rings. The number of nitrogens with zero attached hydrogens (tertiary/aromatic N) is 1. The predicted octanol–water partition coefficient (Wildman–Crippen LogP) is -1.26. The van der Waals surface area contributed by atoms with Crippen molar-refractivity contribution >= 4 is 10.2 Å². The van der Waals surface area contributed by atoms with Gasteiger partial charge in [0.15, 0.2) is 0 Å².